The van der Waals surface area contributed by atoms with Crippen LogP contribution in [0.4, 0.5) is 0 Å². The Morgan fingerprint density at radius 1 is 0.889 bits per heavy atom. The molecule has 0 amide bonds. The fourth-order valence-electron chi connectivity index (χ4n) is 3.70. The second kappa shape index (κ2) is 7.52. The molecule has 0 radical (unpaired) electrons. The van der Waals surface area contributed by atoms with Crippen molar-refractivity contribution in [3.05, 3.63) is 53.1 Å². The van der Waals surface area contributed by atoms with Crippen LogP contribution in [0.5, 0.6) is 11.5 Å². The molecule has 0 fully saturated rings. The molecule has 6 heteroatoms. The van der Waals surface area contributed by atoms with Gasteiger partial charge in [-0.05, 0) is 61.4 Å². The first-order chi connectivity index (χ1) is 13.0. The first-order valence-corrected chi connectivity index (χ1v) is 11.0. The summed E-state index contributed by atoms with van der Waals surface area (Å²) in [7, 11) is -3.66. The molecule has 4 rings (SSSR count). The lowest BCUT2D eigenvalue weighted by Gasteiger charge is -2.20. The van der Waals surface area contributed by atoms with Crippen molar-refractivity contribution in [2.24, 2.45) is 0 Å². The third-order valence-corrected chi connectivity index (χ3v) is 6.77. The van der Waals surface area contributed by atoms with Crippen LogP contribution >= 0.6 is 0 Å². The lowest BCUT2D eigenvalue weighted by Crippen LogP contribution is -2.27. The van der Waals surface area contributed by atoms with Crippen LogP contribution in [0.3, 0.4) is 0 Å². The van der Waals surface area contributed by atoms with E-state index in [4.69, 9.17) is 9.47 Å². The number of aryl methyl sites for hydroxylation is 2. The van der Waals surface area contributed by atoms with E-state index in [-0.39, 0.29) is 10.9 Å². The summed E-state index contributed by atoms with van der Waals surface area (Å²) in [5, 5.41) is 0. The maximum absolute atomic E-state index is 12.9. The smallest absolute Gasteiger partial charge is 0.241 e. The lowest BCUT2D eigenvalue weighted by molar-refractivity contribution is 0.297. The Balaban J connectivity index is 1.55. The summed E-state index contributed by atoms with van der Waals surface area (Å²) in [4.78, 5) is 0.191. The van der Waals surface area contributed by atoms with E-state index in [1.165, 1.54) is 24.0 Å². The molecule has 1 atom stereocenters. The van der Waals surface area contributed by atoms with Crippen LogP contribution in [-0.2, 0) is 22.9 Å². The molecule has 0 saturated carbocycles. The molecule has 1 aliphatic heterocycles. The predicted molar refractivity (Wildman–Crippen MR) is 104 cm³/mol. The largest absolute Gasteiger partial charge is 0.490 e. The van der Waals surface area contributed by atoms with E-state index < -0.39 is 10.0 Å². The van der Waals surface area contributed by atoms with Crippen molar-refractivity contribution < 1.29 is 17.9 Å². The summed E-state index contributed by atoms with van der Waals surface area (Å²) in [6.45, 7) is 2.98. The monoisotopic (exact) mass is 387 g/mol. The SMILES string of the molecule is C[C@@H](NS(=O)(=O)c1ccc2c(c1)OCCCO2)c1ccc2c(c1)CCCC2. The zero-order valence-electron chi connectivity index (χ0n) is 15.5. The molecule has 0 aromatic heterocycles. The quantitative estimate of drug-likeness (QED) is 0.867. The van der Waals surface area contributed by atoms with E-state index in [9.17, 15) is 8.42 Å². The van der Waals surface area contributed by atoms with Crippen molar-refractivity contribution in [1.82, 2.24) is 4.72 Å². The third-order valence-electron chi connectivity index (χ3n) is 5.23. The summed E-state index contributed by atoms with van der Waals surface area (Å²) >= 11 is 0. The molecule has 0 spiro atoms. The van der Waals surface area contributed by atoms with Gasteiger partial charge >= 0.3 is 0 Å². The van der Waals surface area contributed by atoms with Crippen molar-refractivity contribution >= 4 is 10.0 Å². The molecule has 2 aromatic rings. The molecule has 0 saturated heterocycles. The van der Waals surface area contributed by atoms with E-state index in [1.807, 2.05) is 13.0 Å². The number of ether oxygens (including phenoxy) is 2. The van der Waals surface area contributed by atoms with Gasteiger partial charge in [-0.15, -0.1) is 0 Å². The minimum atomic E-state index is -3.66. The summed E-state index contributed by atoms with van der Waals surface area (Å²) in [5.41, 5.74) is 3.73. The number of rotatable bonds is 4. The molecule has 2 aliphatic rings. The second-order valence-electron chi connectivity index (χ2n) is 7.24. The Bertz CT molecular complexity index is 939. The fraction of sp³-hybridized carbons (Fsp3) is 0.429. The maximum Gasteiger partial charge on any atom is 0.241 e. The number of sulfonamides is 1. The lowest BCUT2D eigenvalue weighted by atomic mass is 9.89. The van der Waals surface area contributed by atoms with Crippen molar-refractivity contribution in [3.63, 3.8) is 0 Å². The molecule has 144 valence electrons. The average Bonchev–Trinajstić information content (AvgIpc) is 2.92. The van der Waals surface area contributed by atoms with Crippen LogP contribution in [0.2, 0.25) is 0 Å². The Morgan fingerprint density at radius 3 is 2.44 bits per heavy atom. The summed E-state index contributed by atoms with van der Waals surface area (Å²) in [5.74, 6) is 1.07. The summed E-state index contributed by atoms with van der Waals surface area (Å²) in [6.07, 6.45) is 5.41. The molecule has 1 heterocycles. The Hall–Kier alpha value is -2.05. The molecular weight excluding hydrogens is 362 g/mol. The fourth-order valence-corrected chi connectivity index (χ4v) is 4.95. The predicted octanol–water partition coefficient (Wildman–Crippen LogP) is 3.77. The van der Waals surface area contributed by atoms with Gasteiger partial charge in [0.15, 0.2) is 11.5 Å². The number of fused-ring (bicyclic) bond motifs is 2. The minimum Gasteiger partial charge on any atom is -0.490 e. The third kappa shape index (κ3) is 3.96. The van der Waals surface area contributed by atoms with Gasteiger partial charge in [0, 0.05) is 18.5 Å². The number of hydrogen-bond donors (Lipinski definition) is 1. The van der Waals surface area contributed by atoms with E-state index >= 15 is 0 Å². The zero-order chi connectivity index (χ0) is 18.9. The normalized spacial score (nSPS) is 17.7. The second-order valence-corrected chi connectivity index (χ2v) is 8.95. The van der Waals surface area contributed by atoms with Crippen LogP contribution in [0.1, 0.15) is 48.9 Å². The Labute approximate surface area is 160 Å². The van der Waals surface area contributed by atoms with Gasteiger partial charge < -0.3 is 9.47 Å². The first-order valence-electron chi connectivity index (χ1n) is 9.57. The van der Waals surface area contributed by atoms with Crippen LogP contribution in [0.25, 0.3) is 0 Å². The zero-order valence-corrected chi connectivity index (χ0v) is 16.3. The van der Waals surface area contributed by atoms with E-state index in [0.29, 0.717) is 24.7 Å². The van der Waals surface area contributed by atoms with Gasteiger partial charge in [0.2, 0.25) is 10.0 Å². The summed E-state index contributed by atoms with van der Waals surface area (Å²) < 4.78 is 39.7. The molecule has 1 aliphatic carbocycles. The topological polar surface area (TPSA) is 64.6 Å². The molecule has 0 bridgehead atoms. The summed E-state index contributed by atoms with van der Waals surface area (Å²) in [6, 6.07) is 10.8. The highest BCUT2D eigenvalue weighted by molar-refractivity contribution is 7.89. The molecular formula is C21H25NO4S. The molecule has 2 aromatic carbocycles. The van der Waals surface area contributed by atoms with Crippen molar-refractivity contribution in [2.45, 2.75) is 50.0 Å². The van der Waals surface area contributed by atoms with E-state index in [0.717, 1.165) is 24.8 Å². The van der Waals surface area contributed by atoms with E-state index in [2.05, 4.69) is 16.9 Å². The highest BCUT2D eigenvalue weighted by atomic mass is 32.2. The van der Waals surface area contributed by atoms with Crippen molar-refractivity contribution in [3.8, 4) is 11.5 Å². The van der Waals surface area contributed by atoms with Crippen LogP contribution in [0, 0.1) is 0 Å². The van der Waals surface area contributed by atoms with Gasteiger partial charge in [0.25, 0.3) is 0 Å². The molecule has 0 unspecified atom stereocenters. The highest BCUT2D eigenvalue weighted by Crippen LogP contribution is 2.32. The van der Waals surface area contributed by atoms with Gasteiger partial charge in [0.1, 0.15) is 0 Å². The average molecular weight is 388 g/mol. The van der Waals surface area contributed by atoms with E-state index in [1.54, 1.807) is 18.2 Å². The van der Waals surface area contributed by atoms with Crippen LogP contribution < -0.4 is 14.2 Å². The van der Waals surface area contributed by atoms with Crippen LogP contribution in [-0.4, -0.2) is 21.6 Å². The van der Waals surface area contributed by atoms with Gasteiger partial charge in [-0.1, -0.05) is 18.2 Å². The number of benzene rings is 2. The molecule has 1 N–H and O–H groups in total. The van der Waals surface area contributed by atoms with Gasteiger partial charge in [-0.25, -0.2) is 13.1 Å². The number of hydrogen-bond acceptors (Lipinski definition) is 4. The Kier molecular flexibility index (Phi) is 5.10. The van der Waals surface area contributed by atoms with Gasteiger partial charge in [-0.3, -0.25) is 0 Å². The van der Waals surface area contributed by atoms with Crippen LogP contribution in [0.15, 0.2) is 41.3 Å². The highest BCUT2D eigenvalue weighted by Gasteiger charge is 2.22. The standard InChI is InChI=1S/C21H25NO4S/c1-15(17-8-7-16-5-2-3-6-18(16)13-17)22-27(23,24)19-9-10-20-21(14-19)26-12-4-11-25-20/h7-10,13-15,22H,2-6,11-12H2,1H3/t15-/m1/s1. The molecule has 27 heavy (non-hydrogen) atoms. The van der Waals surface area contributed by atoms with Crippen molar-refractivity contribution in [2.75, 3.05) is 13.2 Å². The van der Waals surface area contributed by atoms with Crippen molar-refractivity contribution in [1.29, 1.82) is 0 Å². The van der Waals surface area contributed by atoms with Gasteiger partial charge in [-0.2, -0.15) is 0 Å². The van der Waals surface area contributed by atoms with Gasteiger partial charge in [0.05, 0.1) is 18.1 Å². The number of nitrogens with one attached hydrogen (secondary N) is 1. The first kappa shape index (κ1) is 18.3. The minimum absolute atomic E-state index is 0.191. The Morgan fingerprint density at radius 2 is 1.63 bits per heavy atom. The molecule has 5 nitrogen and oxygen atoms in total. The maximum atomic E-state index is 12.9.